The van der Waals surface area contributed by atoms with E-state index >= 15 is 0 Å². The van der Waals surface area contributed by atoms with Gasteiger partial charge in [0.1, 0.15) is 17.7 Å². The second kappa shape index (κ2) is 8.73. The number of likely N-dealkylation sites (tertiary alicyclic amines) is 1. The highest BCUT2D eigenvalue weighted by molar-refractivity contribution is 5.95. The second-order valence-electron chi connectivity index (χ2n) is 8.66. The molecule has 0 bridgehead atoms. The number of carbonyl (C=O) groups excluding carboxylic acids is 3. The third kappa shape index (κ3) is 5.49. The summed E-state index contributed by atoms with van der Waals surface area (Å²) >= 11 is 0. The lowest BCUT2D eigenvalue weighted by molar-refractivity contribution is -0.155. The van der Waals surface area contributed by atoms with Crippen molar-refractivity contribution in [3.05, 3.63) is 35.9 Å². The SMILES string of the molecule is CN(CC(=O)N1C[C@H](NC(=O)c2ccccc2)C[C@@]1(C)C(=O)O)C(=O)OC(C)(C)C. The van der Waals surface area contributed by atoms with Crippen LogP contribution in [0.5, 0.6) is 0 Å². The van der Waals surface area contributed by atoms with Crippen LogP contribution >= 0.6 is 0 Å². The molecule has 1 heterocycles. The number of hydrogen-bond acceptors (Lipinski definition) is 5. The van der Waals surface area contributed by atoms with Gasteiger partial charge in [-0.15, -0.1) is 0 Å². The molecule has 1 aliphatic rings. The summed E-state index contributed by atoms with van der Waals surface area (Å²) in [5.74, 6) is -2.05. The number of nitrogens with zero attached hydrogens (tertiary/aromatic N) is 2. The van der Waals surface area contributed by atoms with Crippen LogP contribution in [-0.2, 0) is 14.3 Å². The lowest BCUT2D eigenvalue weighted by Gasteiger charge is -2.32. The van der Waals surface area contributed by atoms with Gasteiger partial charge in [0.25, 0.3) is 5.91 Å². The molecule has 1 aromatic carbocycles. The standard InChI is InChI=1S/C21H29N3O6/c1-20(2,3)30-19(29)23(5)13-16(25)24-12-15(11-21(24,4)18(27)28)22-17(26)14-9-7-6-8-10-14/h6-10,15H,11-13H2,1-5H3,(H,22,26)(H,27,28)/t15-,21+/m1/s1. The van der Waals surface area contributed by atoms with Crippen molar-refractivity contribution in [2.45, 2.75) is 51.3 Å². The Labute approximate surface area is 176 Å². The Morgan fingerprint density at radius 2 is 1.83 bits per heavy atom. The maximum absolute atomic E-state index is 12.8. The molecule has 0 aromatic heterocycles. The number of hydrogen-bond donors (Lipinski definition) is 2. The summed E-state index contributed by atoms with van der Waals surface area (Å²) in [7, 11) is 1.41. The number of likely N-dealkylation sites (N-methyl/N-ethyl adjacent to an activating group) is 1. The Bertz CT molecular complexity index is 820. The first kappa shape index (κ1) is 23.2. The van der Waals surface area contributed by atoms with Crippen LogP contribution in [0.25, 0.3) is 0 Å². The maximum Gasteiger partial charge on any atom is 0.410 e. The second-order valence-corrected chi connectivity index (χ2v) is 8.66. The number of benzene rings is 1. The van der Waals surface area contributed by atoms with E-state index in [1.807, 2.05) is 0 Å². The van der Waals surface area contributed by atoms with E-state index in [0.717, 1.165) is 4.90 Å². The van der Waals surface area contributed by atoms with Crippen molar-refractivity contribution < 1.29 is 29.0 Å². The van der Waals surface area contributed by atoms with Crippen molar-refractivity contribution in [2.75, 3.05) is 20.1 Å². The lowest BCUT2D eigenvalue weighted by atomic mass is 9.97. The Kier molecular flexibility index (Phi) is 6.74. The van der Waals surface area contributed by atoms with Crippen LogP contribution in [-0.4, -0.2) is 76.1 Å². The van der Waals surface area contributed by atoms with E-state index in [-0.39, 0.29) is 25.4 Å². The first-order valence-electron chi connectivity index (χ1n) is 9.67. The molecule has 164 valence electrons. The van der Waals surface area contributed by atoms with Crippen LogP contribution in [0.2, 0.25) is 0 Å². The van der Waals surface area contributed by atoms with E-state index in [0.29, 0.717) is 5.56 Å². The van der Waals surface area contributed by atoms with Crippen molar-refractivity contribution in [3.63, 3.8) is 0 Å². The molecular formula is C21H29N3O6. The van der Waals surface area contributed by atoms with Crippen LogP contribution in [0.1, 0.15) is 44.5 Å². The van der Waals surface area contributed by atoms with Gasteiger partial charge in [0.2, 0.25) is 5.91 Å². The van der Waals surface area contributed by atoms with Crippen LogP contribution in [0.15, 0.2) is 30.3 Å². The molecule has 0 aliphatic carbocycles. The van der Waals surface area contributed by atoms with E-state index in [9.17, 15) is 24.3 Å². The van der Waals surface area contributed by atoms with E-state index in [1.54, 1.807) is 51.1 Å². The van der Waals surface area contributed by atoms with Crippen molar-refractivity contribution in [3.8, 4) is 0 Å². The zero-order valence-electron chi connectivity index (χ0n) is 18.0. The van der Waals surface area contributed by atoms with E-state index < -0.39 is 35.2 Å². The highest BCUT2D eigenvalue weighted by atomic mass is 16.6. The number of carbonyl (C=O) groups is 4. The van der Waals surface area contributed by atoms with Gasteiger partial charge in [0.15, 0.2) is 0 Å². The van der Waals surface area contributed by atoms with Gasteiger partial charge in [-0.1, -0.05) is 18.2 Å². The van der Waals surface area contributed by atoms with Crippen molar-refractivity contribution >= 4 is 23.9 Å². The number of amides is 3. The van der Waals surface area contributed by atoms with Crippen LogP contribution in [0.3, 0.4) is 0 Å². The Hall–Kier alpha value is -3.10. The number of carboxylic acid groups (broad SMARTS) is 1. The number of carboxylic acids is 1. The number of aliphatic carboxylic acids is 1. The summed E-state index contributed by atoms with van der Waals surface area (Å²) < 4.78 is 5.23. The minimum atomic E-state index is -1.50. The quantitative estimate of drug-likeness (QED) is 0.751. The maximum atomic E-state index is 12.8. The van der Waals surface area contributed by atoms with E-state index in [2.05, 4.69) is 5.32 Å². The van der Waals surface area contributed by atoms with Crippen molar-refractivity contribution in [1.82, 2.24) is 15.1 Å². The molecule has 3 amide bonds. The van der Waals surface area contributed by atoms with E-state index in [1.165, 1.54) is 18.9 Å². The van der Waals surface area contributed by atoms with Gasteiger partial charge >= 0.3 is 12.1 Å². The lowest BCUT2D eigenvalue weighted by Crippen LogP contribution is -2.53. The highest BCUT2D eigenvalue weighted by Gasteiger charge is 2.50. The average Bonchev–Trinajstić information content (AvgIpc) is 2.98. The normalized spacial score (nSPS) is 21.1. The van der Waals surface area contributed by atoms with Gasteiger partial charge in [-0.05, 0) is 39.8 Å². The fraction of sp³-hybridized carbons (Fsp3) is 0.524. The predicted molar refractivity (Wildman–Crippen MR) is 109 cm³/mol. The first-order valence-corrected chi connectivity index (χ1v) is 9.67. The van der Waals surface area contributed by atoms with Gasteiger partial charge in [-0.2, -0.15) is 0 Å². The molecule has 0 unspecified atom stereocenters. The monoisotopic (exact) mass is 419 g/mol. The predicted octanol–water partition coefficient (Wildman–Crippen LogP) is 1.73. The number of nitrogens with one attached hydrogen (secondary N) is 1. The molecule has 1 aromatic rings. The first-order chi connectivity index (χ1) is 13.8. The smallest absolute Gasteiger partial charge is 0.410 e. The van der Waals surface area contributed by atoms with Crippen LogP contribution < -0.4 is 5.32 Å². The fourth-order valence-electron chi connectivity index (χ4n) is 3.30. The third-order valence-corrected chi connectivity index (χ3v) is 4.85. The molecule has 0 radical (unpaired) electrons. The zero-order valence-corrected chi connectivity index (χ0v) is 18.0. The number of ether oxygens (including phenoxy) is 1. The average molecular weight is 419 g/mol. The van der Waals surface area contributed by atoms with Crippen molar-refractivity contribution in [2.24, 2.45) is 0 Å². The largest absolute Gasteiger partial charge is 0.480 e. The Morgan fingerprint density at radius 1 is 1.23 bits per heavy atom. The fourth-order valence-corrected chi connectivity index (χ4v) is 3.30. The van der Waals surface area contributed by atoms with Crippen molar-refractivity contribution in [1.29, 1.82) is 0 Å². The minimum absolute atomic E-state index is 0.0301. The van der Waals surface area contributed by atoms with Crippen LogP contribution in [0.4, 0.5) is 4.79 Å². The summed E-state index contributed by atoms with van der Waals surface area (Å²) in [4.78, 5) is 51.6. The molecule has 9 nitrogen and oxygen atoms in total. The van der Waals surface area contributed by atoms with Gasteiger partial charge in [0, 0.05) is 31.6 Å². The van der Waals surface area contributed by atoms with Gasteiger partial charge < -0.3 is 25.0 Å². The molecule has 0 saturated carbocycles. The van der Waals surface area contributed by atoms with Gasteiger partial charge in [-0.25, -0.2) is 9.59 Å². The molecule has 30 heavy (non-hydrogen) atoms. The van der Waals surface area contributed by atoms with Gasteiger partial charge in [-0.3, -0.25) is 9.59 Å². The molecular weight excluding hydrogens is 390 g/mol. The third-order valence-electron chi connectivity index (χ3n) is 4.85. The summed E-state index contributed by atoms with van der Waals surface area (Å²) in [6, 6.07) is 8.02. The molecule has 0 spiro atoms. The molecule has 2 rings (SSSR count). The molecule has 1 saturated heterocycles. The molecule has 2 atom stereocenters. The summed E-state index contributed by atoms with van der Waals surface area (Å²) in [6.07, 6.45) is -0.621. The topological polar surface area (TPSA) is 116 Å². The molecule has 9 heteroatoms. The van der Waals surface area contributed by atoms with Gasteiger partial charge in [0.05, 0.1) is 0 Å². The van der Waals surface area contributed by atoms with Crippen LogP contribution in [0, 0.1) is 0 Å². The highest BCUT2D eigenvalue weighted by Crippen LogP contribution is 2.30. The summed E-state index contributed by atoms with van der Waals surface area (Å²) in [5.41, 5.74) is -1.77. The summed E-state index contributed by atoms with van der Waals surface area (Å²) in [5, 5.41) is 12.5. The van der Waals surface area contributed by atoms with E-state index in [4.69, 9.17) is 4.74 Å². The molecule has 1 fully saturated rings. The summed E-state index contributed by atoms with van der Waals surface area (Å²) in [6.45, 7) is 6.27. The Balaban J connectivity index is 2.09. The minimum Gasteiger partial charge on any atom is -0.480 e. The number of rotatable bonds is 5. The Morgan fingerprint density at radius 3 is 2.37 bits per heavy atom. The molecule has 1 aliphatic heterocycles. The zero-order chi connectivity index (χ0) is 22.7. The molecule has 2 N–H and O–H groups in total.